The van der Waals surface area contributed by atoms with Crippen LogP contribution in [0.1, 0.15) is 36.3 Å². The van der Waals surface area contributed by atoms with E-state index in [1.807, 2.05) is 24.5 Å². The molecule has 1 amide bonds. The molecule has 3 aromatic rings. The maximum atomic E-state index is 13.2. The number of carbonyl (C=O) groups excluding carboxylic acids is 3. The predicted molar refractivity (Wildman–Crippen MR) is 112 cm³/mol. The van der Waals surface area contributed by atoms with E-state index in [4.69, 9.17) is 4.74 Å². The number of Topliss-reactive ketones (excluding diaryl/α,β-unsaturated/α-hetero) is 1. The first-order chi connectivity index (χ1) is 14.3. The number of halogens is 1. The van der Waals surface area contributed by atoms with E-state index >= 15 is 0 Å². The number of hydrogen-bond acceptors (Lipinski definition) is 5. The Kier molecular flexibility index (Phi) is 6.47. The van der Waals surface area contributed by atoms with Crippen LogP contribution in [-0.2, 0) is 9.53 Å². The van der Waals surface area contributed by atoms with E-state index in [0.717, 1.165) is 16.3 Å². The van der Waals surface area contributed by atoms with E-state index in [1.165, 1.54) is 23.5 Å². The van der Waals surface area contributed by atoms with E-state index < -0.39 is 12.6 Å². The molecule has 2 aromatic heterocycles. The molecular weight excluding hydrogens is 407 g/mol. The number of nitrogens with zero attached hydrogens (tertiary/aromatic N) is 1. The Morgan fingerprint density at radius 1 is 1.07 bits per heavy atom. The molecule has 0 aliphatic rings. The quantitative estimate of drug-likeness (QED) is 0.459. The number of aromatic nitrogens is 1. The number of rotatable bonds is 7. The zero-order valence-corrected chi connectivity index (χ0v) is 17.6. The number of hydrogen-bond donors (Lipinski definition) is 1. The molecule has 1 N–H and O–H groups in total. The minimum atomic E-state index is -0.697. The van der Waals surface area contributed by atoms with Crippen molar-refractivity contribution >= 4 is 29.0 Å². The lowest BCUT2D eigenvalue weighted by Gasteiger charge is -2.10. The lowest BCUT2D eigenvalue weighted by atomic mass is 10.1. The average molecular weight is 428 g/mol. The zero-order chi connectivity index (χ0) is 21.8. The number of ether oxygens (including phenoxy) is 1. The third-order valence-electron chi connectivity index (χ3n) is 4.54. The normalized spacial score (nSPS) is 10.7. The van der Waals surface area contributed by atoms with Crippen LogP contribution in [0.3, 0.4) is 0 Å². The number of benzene rings is 1. The molecule has 0 radical (unpaired) electrons. The van der Waals surface area contributed by atoms with Crippen molar-refractivity contribution in [2.45, 2.75) is 20.8 Å². The molecule has 8 heteroatoms. The Hall–Kier alpha value is -3.26. The van der Waals surface area contributed by atoms with E-state index in [0.29, 0.717) is 16.1 Å². The van der Waals surface area contributed by atoms with Crippen molar-refractivity contribution < 1.29 is 23.5 Å². The topological polar surface area (TPSA) is 77.4 Å². The summed E-state index contributed by atoms with van der Waals surface area (Å²) in [5, 5.41) is 2.48. The van der Waals surface area contributed by atoms with Crippen LogP contribution >= 0.6 is 11.3 Å². The number of esters is 1. The van der Waals surface area contributed by atoms with Gasteiger partial charge in [0, 0.05) is 27.5 Å². The fourth-order valence-electron chi connectivity index (χ4n) is 3.10. The number of thiophene rings is 1. The summed E-state index contributed by atoms with van der Waals surface area (Å²) in [6.45, 7) is 4.74. The van der Waals surface area contributed by atoms with Gasteiger partial charge in [0.25, 0.3) is 5.91 Å². The summed E-state index contributed by atoms with van der Waals surface area (Å²) >= 11 is 1.33. The molecule has 0 unspecified atom stereocenters. The average Bonchev–Trinajstić information content (AvgIpc) is 3.28. The molecule has 156 valence electrons. The van der Waals surface area contributed by atoms with Gasteiger partial charge >= 0.3 is 5.97 Å². The fraction of sp³-hybridized carbons (Fsp3) is 0.227. The number of aryl methyl sites for hydroxylation is 2. The first kappa shape index (κ1) is 21.4. The van der Waals surface area contributed by atoms with E-state index in [2.05, 4.69) is 5.32 Å². The minimum absolute atomic E-state index is 0.322. The number of amides is 1. The zero-order valence-electron chi connectivity index (χ0n) is 16.8. The van der Waals surface area contributed by atoms with Crippen LogP contribution in [0.5, 0.6) is 0 Å². The Morgan fingerprint density at radius 2 is 1.77 bits per heavy atom. The van der Waals surface area contributed by atoms with Crippen LogP contribution in [0, 0.1) is 26.6 Å². The highest BCUT2D eigenvalue weighted by Crippen LogP contribution is 2.21. The molecule has 1 aromatic carbocycles. The molecule has 3 rings (SSSR count). The van der Waals surface area contributed by atoms with Gasteiger partial charge in [-0.25, -0.2) is 4.39 Å². The number of nitrogens with one attached hydrogen (secondary N) is 1. The summed E-state index contributed by atoms with van der Waals surface area (Å²) < 4.78 is 20.0. The molecular formula is C22H21FN2O4S. The van der Waals surface area contributed by atoms with Crippen LogP contribution in [0.4, 0.5) is 4.39 Å². The summed E-state index contributed by atoms with van der Waals surface area (Å²) in [4.78, 5) is 37.9. The van der Waals surface area contributed by atoms with Gasteiger partial charge in [-0.3, -0.25) is 14.4 Å². The van der Waals surface area contributed by atoms with Gasteiger partial charge in [-0.2, -0.15) is 0 Å². The summed E-state index contributed by atoms with van der Waals surface area (Å²) in [5.41, 5.74) is 2.62. The van der Waals surface area contributed by atoms with Crippen LogP contribution in [-0.4, -0.2) is 35.4 Å². The third-order valence-corrected chi connectivity index (χ3v) is 5.54. The van der Waals surface area contributed by atoms with Crippen LogP contribution in [0.15, 0.2) is 42.5 Å². The molecule has 30 heavy (non-hydrogen) atoms. The lowest BCUT2D eigenvalue weighted by molar-refractivity contribution is -0.141. The third kappa shape index (κ3) is 4.83. The van der Waals surface area contributed by atoms with Gasteiger partial charge in [0.05, 0.1) is 4.88 Å². The monoisotopic (exact) mass is 428 g/mol. The maximum absolute atomic E-state index is 13.2. The van der Waals surface area contributed by atoms with Crippen molar-refractivity contribution in [3.8, 4) is 5.69 Å². The first-order valence-corrected chi connectivity index (χ1v) is 10.1. The summed E-state index contributed by atoms with van der Waals surface area (Å²) in [7, 11) is 0. The molecule has 6 nitrogen and oxygen atoms in total. The van der Waals surface area contributed by atoms with Crippen molar-refractivity contribution in [3.05, 3.63) is 75.0 Å². The lowest BCUT2D eigenvalue weighted by Crippen LogP contribution is -2.31. The first-order valence-electron chi connectivity index (χ1n) is 9.24. The SMILES string of the molecule is Cc1ccc(C(=O)NCC(=O)OCC(=O)c2cc(C)n(-c3ccc(F)cc3)c2C)s1. The molecule has 0 bridgehead atoms. The molecule has 0 saturated carbocycles. The highest BCUT2D eigenvalue weighted by atomic mass is 32.1. The van der Waals surface area contributed by atoms with Crippen molar-refractivity contribution in [1.29, 1.82) is 0 Å². The summed E-state index contributed by atoms with van der Waals surface area (Å²) in [6.07, 6.45) is 0. The number of carbonyl (C=O) groups is 3. The van der Waals surface area contributed by atoms with Crippen molar-refractivity contribution in [3.63, 3.8) is 0 Å². The molecule has 0 fully saturated rings. The van der Waals surface area contributed by atoms with Gasteiger partial charge in [0.2, 0.25) is 5.78 Å². The highest BCUT2D eigenvalue weighted by Gasteiger charge is 2.18. The Labute approximate surface area is 177 Å². The van der Waals surface area contributed by atoms with Gasteiger partial charge in [-0.05, 0) is 63.2 Å². The Morgan fingerprint density at radius 3 is 2.40 bits per heavy atom. The van der Waals surface area contributed by atoms with E-state index in [9.17, 15) is 18.8 Å². The van der Waals surface area contributed by atoms with Crippen LogP contribution < -0.4 is 5.32 Å². The second-order valence-electron chi connectivity index (χ2n) is 6.77. The Bertz CT molecular complexity index is 1100. The molecule has 0 atom stereocenters. The van der Waals surface area contributed by atoms with E-state index in [1.54, 1.807) is 31.2 Å². The molecule has 0 aliphatic heterocycles. The van der Waals surface area contributed by atoms with Gasteiger partial charge in [0.1, 0.15) is 12.4 Å². The molecule has 0 aliphatic carbocycles. The van der Waals surface area contributed by atoms with E-state index in [-0.39, 0.29) is 24.1 Å². The van der Waals surface area contributed by atoms with Gasteiger partial charge < -0.3 is 14.6 Å². The van der Waals surface area contributed by atoms with Crippen LogP contribution in [0.2, 0.25) is 0 Å². The summed E-state index contributed by atoms with van der Waals surface area (Å²) in [5.74, 6) is -1.76. The maximum Gasteiger partial charge on any atom is 0.325 e. The van der Waals surface area contributed by atoms with Crippen molar-refractivity contribution in [1.82, 2.24) is 9.88 Å². The summed E-state index contributed by atoms with van der Waals surface area (Å²) in [6, 6.07) is 11.2. The van der Waals surface area contributed by atoms with Crippen LogP contribution in [0.25, 0.3) is 5.69 Å². The standard InChI is InChI=1S/C22H21FN2O4S/c1-13-10-18(15(3)25(13)17-7-5-16(23)6-8-17)19(26)12-29-21(27)11-24-22(28)20-9-4-14(2)30-20/h4-10H,11-12H2,1-3H3,(H,24,28). The Balaban J connectivity index is 1.58. The smallest absolute Gasteiger partial charge is 0.325 e. The van der Waals surface area contributed by atoms with Gasteiger partial charge in [0.15, 0.2) is 6.61 Å². The number of ketones is 1. The second-order valence-corrected chi connectivity index (χ2v) is 8.06. The second kappa shape index (κ2) is 9.04. The minimum Gasteiger partial charge on any atom is -0.456 e. The molecule has 0 saturated heterocycles. The van der Waals surface area contributed by atoms with Crippen molar-refractivity contribution in [2.75, 3.05) is 13.2 Å². The highest BCUT2D eigenvalue weighted by molar-refractivity contribution is 7.13. The predicted octanol–water partition coefficient (Wildman–Crippen LogP) is 3.76. The largest absolute Gasteiger partial charge is 0.456 e. The molecule has 2 heterocycles. The molecule has 0 spiro atoms. The fourth-order valence-corrected chi connectivity index (χ4v) is 3.89. The van der Waals surface area contributed by atoms with Crippen molar-refractivity contribution in [2.24, 2.45) is 0 Å². The van der Waals surface area contributed by atoms with Gasteiger partial charge in [-0.1, -0.05) is 0 Å². The van der Waals surface area contributed by atoms with Gasteiger partial charge in [-0.15, -0.1) is 11.3 Å².